The van der Waals surface area contributed by atoms with E-state index in [4.69, 9.17) is 0 Å². The number of benzene rings is 2. The number of non-ortho nitro benzene ring substituents is 1. The lowest BCUT2D eigenvalue weighted by molar-refractivity contribution is -0.384. The number of aromatic nitrogens is 2. The normalized spacial score (nSPS) is 14.3. The zero-order valence-electron chi connectivity index (χ0n) is 16.5. The topological polar surface area (TPSA) is 110 Å². The lowest BCUT2D eigenvalue weighted by atomic mass is 10.1. The van der Waals surface area contributed by atoms with Crippen molar-refractivity contribution in [3.05, 3.63) is 87.2 Å². The molecule has 0 spiro atoms. The van der Waals surface area contributed by atoms with E-state index in [9.17, 15) is 20.0 Å². The Balaban J connectivity index is 1.50. The second kappa shape index (κ2) is 8.08. The SMILES string of the molecule is Cc1ccccc1-n1ncc(C(=O)NC[C@@H](O)c2ccc([N+](=O)[O-])cc2)c1C1CC1. The maximum Gasteiger partial charge on any atom is 0.269 e. The number of para-hydroxylation sites is 1. The Bertz CT molecular complexity index is 1090. The van der Waals surface area contributed by atoms with Crippen LogP contribution in [0.1, 0.15) is 52.0 Å². The number of hydrogen-bond acceptors (Lipinski definition) is 5. The Morgan fingerprint density at radius 2 is 1.97 bits per heavy atom. The van der Waals surface area contributed by atoms with Crippen LogP contribution in [0.3, 0.4) is 0 Å². The van der Waals surface area contributed by atoms with Gasteiger partial charge < -0.3 is 10.4 Å². The molecule has 0 unspecified atom stereocenters. The third-order valence-corrected chi connectivity index (χ3v) is 5.30. The van der Waals surface area contributed by atoms with Crippen LogP contribution < -0.4 is 5.32 Å². The first-order chi connectivity index (χ1) is 14.5. The monoisotopic (exact) mass is 406 g/mol. The van der Waals surface area contributed by atoms with Gasteiger partial charge in [-0.3, -0.25) is 14.9 Å². The predicted octanol–water partition coefficient (Wildman–Crippen LogP) is 3.43. The zero-order valence-corrected chi connectivity index (χ0v) is 16.5. The first-order valence-electron chi connectivity index (χ1n) is 9.80. The van der Waals surface area contributed by atoms with Gasteiger partial charge in [-0.25, -0.2) is 4.68 Å². The molecule has 1 amide bonds. The number of aliphatic hydroxyl groups excluding tert-OH is 1. The summed E-state index contributed by atoms with van der Waals surface area (Å²) >= 11 is 0. The van der Waals surface area contributed by atoms with Crippen molar-refractivity contribution < 1.29 is 14.8 Å². The summed E-state index contributed by atoms with van der Waals surface area (Å²) in [5.41, 5.74) is 3.88. The van der Waals surface area contributed by atoms with Crippen LogP contribution in [0, 0.1) is 17.0 Å². The van der Waals surface area contributed by atoms with Crippen molar-refractivity contribution in [3.8, 4) is 5.69 Å². The molecule has 8 heteroatoms. The van der Waals surface area contributed by atoms with Crippen molar-refractivity contribution in [2.45, 2.75) is 31.8 Å². The number of nitro benzene ring substituents is 1. The van der Waals surface area contributed by atoms with Crippen LogP contribution >= 0.6 is 0 Å². The molecule has 1 heterocycles. The summed E-state index contributed by atoms with van der Waals surface area (Å²) in [6.45, 7) is 2.00. The van der Waals surface area contributed by atoms with E-state index < -0.39 is 11.0 Å². The van der Waals surface area contributed by atoms with Crippen LogP contribution in [0.5, 0.6) is 0 Å². The van der Waals surface area contributed by atoms with E-state index in [1.54, 1.807) is 6.20 Å². The summed E-state index contributed by atoms with van der Waals surface area (Å²) in [4.78, 5) is 23.1. The summed E-state index contributed by atoms with van der Waals surface area (Å²) in [6, 6.07) is 13.5. The van der Waals surface area contributed by atoms with Gasteiger partial charge in [-0.2, -0.15) is 5.10 Å². The molecule has 4 rings (SSSR count). The summed E-state index contributed by atoms with van der Waals surface area (Å²) in [5, 5.41) is 28.3. The molecule has 1 saturated carbocycles. The van der Waals surface area contributed by atoms with Gasteiger partial charge >= 0.3 is 0 Å². The molecule has 1 atom stereocenters. The molecule has 2 aromatic carbocycles. The van der Waals surface area contributed by atoms with Gasteiger partial charge in [0.1, 0.15) is 0 Å². The van der Waals surface area contributed by atoms with Crippen LogP contribution in [0.15, 0.2) is 54.7 Å². The number of nitrogens with one attached hydrogen (secondary N) is 1. The average molecular weight is 406 g/mol. The van der Waals surface area contributed by atoms with Crippen molar-refractivity contribution in [1.82, 2.24) is 15.1 Å². The van der Waals surface area contributed by atoms with Crippen molar-refractivity contribution in [2.75, 3.05) is 6.54 Å². The van der Waals surface area contributed by atoms with Crippen molar-refractivity contribution in [3.63, 3.8) is 0 Å². The number of carbonyl (C=O) groups excluding carboxylic acids is 1. The highest BCUT2D eigenvalue weighted by Gasteiger charge is 2.33. The Morgan fingerprint density at radius 3 is 2.60 bits per heavy atom. The van der Waals surface area contributed by atoms with Gasteiger partial charge in [-0.05, 0) is 49.1 Å². The predicted molar refractivity (Wildman–Crippen MR) is 111 cm³/mol. The van der Waals surface area contributed by atoms with E-state index in [2.05, 4.69) is 10.4 Å². The maximum absolute atomic E-state index is 12.8. The van der Waals surface area contributed by atoms with Crippen LogP contribution in [-0.2, 0) is 0 Å². The summed E-state index contributed by atoms with van der Waals surface area (Å²) in [5.74, 6) is 0.00477. The molecule has 1 fully saturated rings. The molecule has 2 N–H and O–H groups in total. The fourth-order valence-electron chi connectivity index (χ4n) is 3.50. The minimum atomic E-state index is -0.967. The van der Waals surface area contributed by atoms with Crippen LogP contribution in [0.2, 0.25) is 0 Å². The minimum absolute atomic E-state index is 0.00367. The van der Waals surface area contributed by atoms with Crippen LogP contribution in [0.4, 0.5) is 5.69 Å². The second-order valence-electron chi connectivity index (χ2n) is 7.49. The summed E-state index contributed by atoms with van der Waals surface area (Å²) < 4.78 is 1.84. The van der Waals surface area contributed by atoms with Gasteiger partial charge in [0.05, 0.1) is 34.2 Å². The van der Waals surface area contributed by atoms with E-state index in [0.29, 0.717) is 17.0 Å². The highest BCUT2D eigenvalue weighted by Crippen LogP contribution is 2.42. The molecular weight excluding hydrogens is 384 g/mol. The number of aryl methyl sites for hydroxylation is 1. The molecule has 30 heavy (non-hydrogen) atoms. The number of aliphatic hydroxyl groups is 1. The number of rotatable bonds is 7. The molecule has 1 aliphatic carbocycles. The van der Waals surface area contributed by atoms with Gasteiger partial charge in [-0.1, -0.05) is 18.2 Å². The number of nitro groups is 1. The van der Waals surface area contributed by atoms with Crippen molar-refractivity contribution >= 4 is 11.6 Å². The molecule has 1 aromatic heterocycles. The molecular formula is C22H22N4O4. The molecule has 3 aromatic rings. The quantitative estimate of drug-likeness (QED) is 0.461. The van der Waals surface area contributed by atoms with Crippen LogP contribution in [-0.4, -0.2) is 32.3 Å². The lowest BCUT2D eigenvalue weighted by Gasteiger charge is -2.13. The Kier molecular flexibility index (Phi) is 5.33. The molecule has 0 radical (unpaired) electrons. The first-order valence-corrected chi connectivity index (χ1v) is 9.80. The van der Waals surface area contributed by atoms with Gasteiger partial charge in [0.2, 0.25) is 0 Å². The average Bonchev–Trinajstić information content (AvgIpc) is 3.50. The van der Waals surface area contributed by atoms with Gasteiger partial charge in [0, 0.05) is 24.6 Å². The van der Waals surface area contributed by atoms with Gasteiger partial charge in [0.25, 0.3) is 11.6 Å². The number of nitrogens with zero attached hydrogens (tertiary/aromatic N) is 3. The number of carbonyl (C=O) groups is 1. The van der Waals surface area contributed by atoms with Crippen molar-refractivity contribution in [1.29, 1.82) is 0 Å². The van der Waals surface area contributed by atoms with E-state index in [0.717, 1.165) is 29.8 Å². The fraction of sp³-hybridized carbons (Fsp3) is 0.273. The summed E-state index contributed by atoms with van der Waals surface area (Å²) in [7, 11) is 0. The van der Waals surface area contributed by atoms with E-state index in [1.807, 2.05) is 35.9 Å². The van der Waals surface area contributed by atoms with E-state index in [-0.39, 0.29) is 18.1 Å². The number of amides is 1. The smallest absolute Gasteiger partial charge is 0.269 e. The molecule has 0 saturated heterocycles. The standard InChI is InChI=1S/C22H22N4O4/c1-14-4-2-3-5-19(14)25-21(16-6-7-16)18(12-24-25)22(28)23-13-20(27)15-8-10-17(11-9-15)26(29)30/h2-5,8-12,16,20,27H,6-7,13H2,1H3,(H,23,28)/t20-/m1/s1. The molecule has 8 nitrogen and oxygen atoms in total. The van der Waals surface area contributed by atoms with Gasteiger partial charge in [0.15, 0.2) is 0 Å². The third-order valence-electron chi connectivity index (χ3n) is 5.30. The lowest BCUT2D eigenvalue weighted by Crippen LogP contribution is -2.29. The molecule has 1 aliphatic rings. The van der Waals surface area contributed by atoms with Crippen LogP contribution in [0.25, 0.3) is 5.69 Å². The molecule has 0 aliphatic heterocycles. The van der Waals surface area contributed by atoms with E-state index in [1.165, 1.54) is 24.3 Å². The Morgan fingerprint density at radius 1 is 1.27 bits per heavy atom. The fourth-order valence-corrected chi connectivity index (χ4v) is 3.50. The largest absolute Gasteiger partial charge is 0.387 e. The second-order valence-corrected chi connectivity index (χ2v) is 7.49. The highest BCUT2D eigenvalue weighted by atomic mass is 16.6. The minimum Gasteiger partial charge on any atom is -0.387 e. The Labute approximate surface area is 173 Å². The van der Waals surface area contributed by atoms with E-state index >= 15 is 0 Å². The third kappa shape index (κ3) is 3.95. The molecule has 0 bridgehead atoms. The van der Waals surface area contributed by atoms with Gasteiger partial charge in [-0.15, -0.1) is 0 Å². The molecule has 154 valence electrons. The zero-order chi connectivity index (χ0) is 21.3. The maximum atomic E-state index is 12.8. The first kappa shape index (κ1) is 19.8. The highest BCUT2D eigenvalue weighted by molar-refractivity contribution is 5.95. The Hall–Kier alpha value is -3.52. The van der Waals surface area contributed by atoms with Crippen molar-refractivity contribution in [2.24, 2.45) is 0 Å². The summed E-state index contributed by atoms with van der Waals surface area (Å²) in [6.07, 6.45) is 2.64. The number of hydrogen-bond donors (Lipinski definition) is 2.